The third-order valence-corrected chi connectivity index (χ3v) is 4.53. The van der Waals surface area contributed by atoms with Gasteiger partial charge < -0.3 is 9.64 Å². The Morgan fingerprint density at radius 2 is 1.96 bits per heavy atom. The summed E-state index contributed by atoms with van der Waals surface area (Å²) in [7, 11) is 3.25. The average molecular weight is 359 g/mol. The summed E-state index contributed by atoms with van der Waals surface area (Å²) in [6.45, 7) is 7.88. The van der Waals surface area contributed by atoms with E-state index in [4.69, 9.17) is 4.74 Å². The van der Waals surface area contributed by atoms with Crippen molar-refractivity contribution in [1.29, 1.82) is 0 Å². The van der Waals surface area contributed by atoms with Gasteiger partial charge in [0.25, 0.3) is 11.5 Å². The minimum Gasteiger partial charge on any atom is -0.479 e. The molecule has 1 amide bonds. The molecule has 1 fully saturated rings. The van der Waals surface area contributed by atoms with E-state index in [1.165, 1.54) is 11.8 Å². The standard InChI is InChI=1S/C18H25N5O3/c1-18(2,3)14-6-7-15(24)23(19-14)10-12-8-22(9-12)17(25)13-11-21(4)20-16(13)26-5/h6-7,11-12H,8-10H2,1-5H3. The summed E-state index contributed by atoms with van der Waals surface area (Å²) in [5, 5.41) is 8.61. The van der Waals surface area contributed by atoms with Crippen LogP contribution in [-0.2, 0) is 19.0 Å². The first-order valence-electron chi connectivity index (χ1n) is 8.64. The zero-order valence-electron chi connectivity index (χ0n) is 15.9. The van der Waals surface area contributed by atoms with Crippen LogP contribution in [0.2, 0.25) is 0 Å². The summed E-state index contributed by atoms with van der Waals surface area (Å²) >= 11 is 0. The summed E-state index contributed by atoms with van der Waals surface area (Å²) in [5.74, 6) is 0.439. The summed E-state index contributed by atoms with van der Waals surface area (Å²) < 4.78 is 8.23. The molecule has 1 aliphatic heterocycles. The smallest absolute Gasteiger partial charge is 0.266 e. The first-order chi connectivity index (χ1) is 12.2. The molecule has 0 bridgehead atoms. The number of carbonyl (C=O) groups excluding carboxylic acids is 1. The molecule has 26 heavy (non-hydrogen) atoms. The third-order valence-electron chi connectivity index (χ3n) is 4.53. The van der Waals surface area contributed by atoms with E-state index in [0.717, 1.165) is 5.69 Å². The van der Waals surface area contributed by atoms with E-state index in [9.17, 15) is 9.59 Å². The zero-order valence-corrected chi connectivity index (χ0v) is 15.9. The highest BCUT2D eigenvalue weighted by atomic mass is 16.5. The predicted octanol–water partition coefficient (Wildman–Crippen LogP) is 1.06. The molecule has 1 aliphatic rings. The van der Waals surface area contributed by atoms with Crippen molar-refractivity contribution in [2.45, 2.75) is 32.7 Å². The van der Waals surface area contributed by atoms with Crippen molar-refractivity contribution < 1.29 is 9.53 Å². The highest BCUT2D eigenvalue weighted by Crippen LogP contribution is 2.24. The van der Waals surface area contributed by atoms with E-state index in [1.807, 2.05) is 0 Å². The summed E-state index contributed by atoms with van der Waals surface area (Å²) in [6.07, 6.45) is 1.66. The Bertz CT molecular complexity index is 872. The van der Waals surface area contributed by atoms with Gasteiger partial charge in [-0.05, 0) is 6.07 Å². The van der Waals surface area contributed by atoms with Gasteiger partial charge in [-0.2, -0.15) is 5.10 Å². The van der Waals surface area contributed by atoms with Crippen molar-refractivity contribution in [1.82, 2.24) is 24.5 Å². The topological polar surface area (TPSA) is 82.2 Å². The second-order valence-electron chi connectivity index (χ2n) is 7.79. The van der Waals surface area contributed by atoms with Crippen LogP contribution in [0.15, 0.2) is 23.1 Å². The molecular formula is C18H25N5O3. The lowest BCUT2D eigenvalue weighted by Gasteiger charge is -2.39. The van der Waals surface area contributed by atoms with Gasteiger partial charge in [0.05, 0.1) is 19.3 Å². The second-order valence-corrected chi connectivity index (χ2v) is 7.79. The van der Waals surface area contributed by atoms with Crippen molar-refractivity contribution >= 4 is 5.91 Å². The molecule has 0 atom stereocenters. The SMILES string of the molecule is COc1nn(C)cc1C(=O)N1CC(Cn2nc(C(C)(C)C)ccc2=O)C1. The minimum absolute atomic E-state index is 0.102. The largest absolute Gasteiger partial charge is 0.479 e. The van der Waals surface area contributed by atoms with E-state index < -0.39 is 0 Å². The number of rotatable bonds is 4. The highest BCUT2D eigenvalue weighted by molar-refractivity contribution is 5.96. The molecule has 3 heterocycles. The van der Waals surface area contributed by atoms with E-state index in [0.29, 0.717) is 31.1 Å². The van der Waals surface area contributed by atoms with E-state index in [1.54, 1.807) is 35.0 Å². The third kappa shape index (κ3) is 3.49. The number of aromatic nitrogens is 4. The van der Waals surface area contributed by atoms with Gasteiger partial charge in [-0.15, -0.1) is 5.10 Å². The first-order valence-corrected chi connectivity index (χ1v) is 8.64. The number of ether oxygens (including phenoxy) is 1. The van der Waals surface area contributed by atoms with Crippen molar-refractivity contribution in [2.24, 2.45) is 13.0 Å². The summed E-state index contributed by atoms with van der Waals surface area (Å²) in [4.78, 5) is 26.4. The molecule has 8 heteroatoms. The Morgan fingerprint density at radius 1 is 1.27 bits per heavy atom. The zero-order chi connectivity index (χ0) is 19.1. The number of nitrogens with zero attached hydrogens (tertiary/aromatic N) is 5. The summed E-state index contributed by atoms with van der Waals surface area (Å²) in [5.41, 5.74) is 1.10. The fourth-order valence-electron chi connectivity index (χ4n) is 3.01. The molecule has 0 aliphatic carbocycles. The maximum absolute atomic E-state index is 12.6. The fourth-order valence-corrected chi connectivity index (χ4v) is 3.01. The highest BCUT2D eigenvalue weighted by Gasteiger charge is 2.34. The maximum Gasteiger partial charge on any atom is 0.266 e. The van der Waals surface area contributed by atoms with E-state index in [2.05, 4.69) is 31.0 Å². The Hall–Kier alpha value is -2.64. The van der Waals surface area contributed by atoms with Gasteiger partial charge in [0.1, 0.15) is 5.56 Å². The van der Waals surface area contributed by atoms with Gasteiger partial charge in [0.15, 0.2) is 0 Å². The molecule has 0 saturated carbocycles. The molecule has 2 aromatic heterocycles. The van der Waals surface area contributed by atoms with Crippen LogP contribution in [0.5, 0.6) is 5.88 Å². The lowest BCUT2D eigenvalue weighted by atomic mass is 9.92. The quantitative estimate of drug-likeness (QED) is 0.815. The average Bonchev–Trinajstić information content (AvgIpc) is 2.91. The molecule has 0 radical (unpaired) electrons. The Balaban J connectivity index is 1.66. The van der Waals surface area contributed by atoms with Crippen LogP contribution in [0, 0.1) is 5.92 Å². The number of amides is 1. The monoisotopic (exact) mass is 359 g/mol. The summed E-state index contributed by atoms with van der Waals surface area (Å²) in [6, 6.07) is 3.35. The van der Waals surface area contributed by atoms with Crippen molar-refractivity contribution in [2.75, 3.05) is 20.2 Å². The number of likely N-dealkylation sites (tertiary alicyclic amines) is 1. The van der Waals surface area contributed by atoms with Crippen LogP contribution < -0.4 is 10.3 Å². The Labute approximate surface area is 152 Å². The Kier molecular flexibility index (Phi) is 4.60. The molecule has 140 valence electrons. The van der Waals surface area contributed by atoms with Crippen molar-refractivity contribution in [3.63, 3.8) is 0 Å². The fraction of sp³-hybridized carbons (Fsp3) is 0.556. The van der Waals surface area contributed by atoms with Gasteiger partial charge in [0, 0.05) is 43.7 Å². The molecule has 3 rings (SSSR count). The number of methoxy groups -OCH3 is 1. The Morgan fingerprint density at radius 3 is 2.58 bits per heavy atom. The van der Waals surface area contributed by atoms with Gasteiger partial charge in [-0.3, -0.25) is 14.3 Å². The molecule has 1 saturated heterocycles. The molecule has 0 unspecified atom stereocenters. The van der Waals surface area contributed by atoms with Crippen LogP contribution >= 0.6 is 0 Å². The second kappa shape index (κ2) is 6.59. The maximum atomic E-state index is 12.6. The molecule has 0 spiro atoms. The molecule has 0 N–H and O–H groups in total. The van der Waals surface area contributed by atoms with Crippen LogP contribution in [0.25, 0.3) is 0 Å². The lowest BCUT2D eigenvalue weighted by molar-refractivity contribution is 0.0454. The van der Waals surface area contributed by atoms with Crippen LogP contribution in [0.4, 0.5) is 0 Å². The lowest BCUT2D eigenvalue weighted by Crippen LogP contribution is -2.52. The molecular weight excluding hydrogens is 334 g/mol. The molecule has 8 nitrogen and oxygen atoms in total. The number of hydrogen-bond acceptors (Lipinski definition) is 5. The van der Waals surface area contributed by atoms with Crippen LogP contribution in [-0.4, -0.2) is 50.6 Å². The van der Waals surface area contributed by atoms with Crippen molar-refractivity contribution in [3.05, 3.63) is 39.9 Å². The van der Waals surface area contributed by atoms with Crippen molar-refractivity contribution in [3.8, 4) is 5.88 Å². The van der Waals surface area contributed by atoms with E-state index in [-0.39, 0.29) is 22.8 Å². The molecule has 2 aromatic rings. The predicted molar refractivity (Wildman–Crippen MR) is 96.4 cm³/mol. The normalized spacial score (nSPS) is 15.0. The first kappa shape index (κ1) is 18.2. The number of carbonyl (C=O) groups is 1. The van der Waals surface area contributed by atoms with Crippen LogP contribution in [0.3, 0.4) is 0 Å². The number of hydrogen-bond donors (Lipinski definition) is 0. The van der Waals surface area contributed by atoms with Gasteiger partial charge in [0.2, 0.25) is 5.88 Å². The van der Waals surface area contributed by atoms with E-state index >= 15 is 0 Å². The number of aryl methyl sites for hydroxylation is 1. The van der Waals surface area contributed by atoms with Gasteiger partial charge >= 0.3 is 0 Å². The molecule has 0 aromatic carbocycles. The minimum atomic E-state index is -0.117. The van der Waals surface area contributed by atoms with Crippen LogP contribution in [0.1, 0.15) is 36.8 Å². The van der Waals surface area contributed by atoms with Gasteiger partial charge in [-0.25, -0.2) is 4.68 Å². The van der Waals surface area contributed by atoms with Gasteiger partial charge in [-0.1, -0.05) is 20.8 Å².